The van der Waals surface area contributed by atoms with Crippen molar-refractivity contribution < 1.29 is 13.5 Å². The molecule has 0 saturated carbocycles. The van der Waals surface area contributed by atoms with Crippen LogP contribution in [0.4, 0.5) is 20.4 Å². The summed E-state index contributed by atoms with van der Waals surface area (Å²) in [7, 11) is 0. The minimum atomic E-state index is -0.690. The van der Waals surface area contributed by atoms with Crippen LogP contribution in [0.1, 0.15) is 22.3 Å². The predicted octanol–water partition coefficient (Wildman–Crippen LogP) is 5.80. The van der Waals surface area contributed by atoms with E-state index < -0.39 is 11.6 Å². The fraction of sp³-hybridized carbons (Fsp3) is 0.0833. The molecule has 8 heteroatoms. The van der Waals surface area contributed by atoms with Gasteiger partial charge in [-0.3, -0.25) is 0 Å². The van der Waals surface area contributed by atoms with Gasteiger partial charge >= 0.3 is 0 Å². The zero-order valence-electron chi connectivity index (χ0n) is 17.1. The number of nitrogens with one attached hydrogen (secondary N) is 1. The monoisotopic (exact) mass is 427 g/mol. The number of aryl methyl sites for hydroxylation is 2. The maximum absolute atomic E-state index is 14.7. The van der Waals surface area contributed by atoms with Crippen molar-refractivity contribution >= 4 is 22.5 Å². The highest BCUT2D eigenvalue weighted by molar-refractivity contribution is 5.86. The smallest absolute Gasteiger partial charge is 0.235 e. The molecule has 3 aromatic carbocycles. The summed E-state index contributed by atoms with van der Waals surface area (Å²) in [4.78, 5) is 8.62. The van der Waals surface area contributed by atoms with Crippen molar-refractivity contribution in [1.29, 1.82) is 10.5 Å². The average molecular weight is 427 g/mol. The van der Waals surface area contributed by atoms with E-state index in [4.69, 9.17) is 15.3 Å². The number of fused-ring (bicyclic) bond motifs is 1. The summed E-state index contributed by atoms with van der Waals surface area (Å²) in [6, 6.07) is 15.6. The Hall–Kier alpha value is -4.56. The second kappa shape index (κ2) is 8.29. The van der Waals surface area contributed by atoms with Gasteiger partial charge in [0.1, 0.15) is 23.5 Å². The number of aromatic nitrogens is 2. The van der Waals surface area contributed by atoms with Crippen molar-refractivity contribution in [2.24, 2.45) is 0 Å². The number of hydrogen-bond donors (Lipinski definition) is 1. The van der Waals surface area contributed by atoms with E-state index in [1.807, 2.05) is 0 Å². The van der Waals surface area contributed by atoms with Crippen LogP contribution in [0.3, 0.4) is 0 Å². The first-order valence-electron chi connectivity index (χ1n) is 9.51. The maximum atomic E-state index is 14.7. The number of ether oxygens (including phenoxy) is 1. The van der Waals surface area contributed by atoms with Crippen molar-refractivity contribution in [2.75, 3.05) is 5.32 Å². The van der Waals surface area contributed by atoms with E-state index in [1.165, 1.54) is 24.3 Å². The van der Waals surface area contributed by atoms with E-state index in [1.54, 1.807) is 38.1 Å². The number of anilines is 2. The molecule has 1 heterocycles. The highest BCUT2D eigenvalue weighted by atomic mass is 19.1. The molecule has 0 fully saturated rings. The molecule has 6 nitrogen and oxygen atoms in total. The molecule has 0 atom stereocenters. The Bertz CT molecular complexity index is 1430. The molecule has 1 aromatic heterocycles. The number of hydrogen-bond acceptors (Lipinski definition) is 6. The predicted molar refractivity (Wildman–Crippen MR) is 115 cm³/mol. The lowest BCUT2D eigenvalue weighted by Gasteiger charge is -2.15. The summed E-state index contributed by atoms with van der Waals surface area (Å²) in [5.41, 5.74) is 2.37. The molecule has 1 N–H and O–H groups in total. The fourth-order valence-corrected chi connectivity index (χ4v) is 3.32. The van der Waals surface area contributed by atoms with Gasteiger partial charge in [0.25, 0.3) is 0 Å². The molecule has 156 valence electrons. The van der Waals surface area contributed by atoms with Crippen LogP contribution in [0, 0.1) is 48.1 Å². The van der Waals surface area contributed by atoms with E-state index in [0.717, 1.165) is 6.07 Å². The topological polar surface area (TPSA) is 94.6 Å². The first-order valence-corrected chi connectivity index (χ1v) is 9.51. The number of nitrogens with zero attached hydrogens (tertiary/aromatic N) is 4. The maximum Gasteiger partial charge on any atom is 0.235 e. The fourth-order valence-electron chi connectivity index (χ4n) is 3.32. The van der Waals surface area contributed by atoms with Gasteiger partial charge in [0, 0.05) is 5.69 Å². The Morgan fingerprint density at radius 2 is 1.66 bits per heavy atom. The second-order valence-corrected chi connectivity index (χ2v) is 7.07. The third-order valence-corrected chi connectivity index (χ3v) is 4.77. The van der Waals surface area contributed by atoms with Crippen LogP contribution in [-0.4, -0.2) is 9.97 Å². The largest absolute Gasteiger partial charge is 0.438 e. The quantitative estimate of drug-likeness (QED) is 0.442. The van der Waals surface area contributed by atoms with Crippen molar-refractivity contribution in [3.05, 3.63) is 82.4 Å². The van der Waals surface area contributed by atoms with Gasteiger partial charge in [-0.15, -0.1) is 0 Å². The molecule has 32 heavy (non-hydrogen) atoms. The molecular weight excluding hydrogens is 412 g/mol. The Kier molecular flexibility index (Phi) is 5.36. The summed E-state index contributed by atoms with van der Waals surface area (Å²) in [6.07, 6.45) is 0. The third-order valence-electron chi connectivity index (χ3n) is 4.77. The summed E-state index contributed by atoms with van der Waals surface area (Å²) in [6.45, 7) is 3.56. The normalized spacial score (nSPS) is 10.4. The van der Waals surface area contributed by atoms with Crippen LogP contribution in [-0.2, 0) is 0 Å². The summed E-state index contributed by atoms with van der Waals surface area (Å²) < 4.78 is 34.7. The van der Waals surface area contributed by atoms with E-state index in [0.29, 0.717) is 28.1 Å². The Balaban J connectivity index is 1.81. The van der Waals surface area contributed by atoms with Crippen molar-refractivity contribution in [3.8, 4) is 23.8 Å². The van der Waals surface area contributed by atoms with Crippen molar-refractivity contribution in [3.63, 3.8) is 0 Å². The summed E-state index contributed by atoms with van der Waals surface area (Å²) in [5.74, 6) is -0.767. The number of benzene rings is 3. The van der Waals surface area contributed by atoms with Gasteiger partial charge in [0.05, 0.1) is 28.1 Å². The van der Waals surface area contributed by atoms with Gasteiger partial charge < -0.3 is 10.1 Å². The average Bonchev–Trinajstić information content (AvgIpc) is 2.76. The molecule has 0 amide bonds. The highest BCUT2D eigenvalue weighted by Crippen LogP contribution is 2.35. The zero-order chi connectivity index (χ0) is 22.8. The van der Waals surface area contributed by atoms with Gasteiger partial charge in [0.2, 0.25) is 11.8 Å². The first kappa shape index (κ1) is 20.7. The molecule has 4 aromatic rings. The first-order chi connectivity index (χ1) is 15.4. The van der Waals surface area contributed by atoms with E-state index in [2.05, 4.69) is 21.4 Å². The van der Waals surface area contributed by atoms with Crippen LogP contribution in [0.5, 0.6) is 11.6 Å². The Morgan fingerprint density at radius 1 is 0.906 bits per heavy atom. The van der Waals surface area contributed by atoms with Gasteiger partial charge in [-0.1, -0.05) is 6.07 Å². The van der Waals surface area contributed by atoms with Crippen molar-refractivity contribution in [2.45, 2.75) is 13.8 Å². The minimum Gasteiger partial charge on any atom is -0.438 e. The summed E-state index contributed by atoms with van der Waals surface area (Å²) >= 11 is 0. The van der Waals surface area contributed by atoms with Crippen molar-refractivity contribution in [1.82, 2.24) is 9.97 Å². The number of rotatable bonds is 4. The lowest BCUT2D eigenvalue weighted by molar-refractivity contribution is 0.459. The van der Waals surface area contributed by atoms with Crippen LogP contribution >= 0.6 is 0 Å². The van der Waals surface area contributed by atoms with Crippen LogP contribution < -0.4 is 10.1 Å². The van der Waals surface area contributed by atoms with Gasteiger partial charge in [-0.25, -0.2) is 13.8 Å². The molecule has 4 rings (SSSR count). The molecule has 0 spiro atoms. The molecule has 0 bridgehead atoms. The molecule has 0 aliphatic carbocycles. The number of nitriles is 2. The molecule has 0 aliphatic heterocycles. The van der Waals surface area contributed by atoms with Crippen LogP contribution in [0.15, 0.2) is 48.5 Å². The molecule has 0 radical (unpaired) electrons. The van der Waals surface area contributed by atoms with Crippen LogP contribution in [0.2, 0.25) is 0 Å². The molecule has 0 unspecified atom stereocenters. The Morgan fingerprint density at radius 3 is 2.31 bits per heavy atom. The SMILES string of the molecule is Cc1cc(C#N)cc(C)c1Oc1nc(Nc2ccc(C#N)c(F)c2)nc2cccc(F)c12. The van der Waals surface area contributed by atoms with Crippen LogP contribution in [0.25, 0.3) is 10.9 Å². The minimum absolute atomic E-state index is 0.0272. The van der Waals surface area contributed by atoms with E-state index in [9.17, 15) is 8.78 Å². The summed E-state index contributed by atoms with van der Waals surface area (Å²) in [5, 5.41) is 21.0. The molecule has 0 saturated heterocycles. The zero-order valence-corrected chi connectivity index (χ0v) is 17.1. The number of halogens is 2. The Labute approximate surface area is 182 Å². The lowest BCUT2D eigenvalue weighted by Crippen LogP contribution is -2.03. The van der Waals surface area contributed by atoms with E-state index in [-0.39, 0.29) is 28.3 Å². The molecular formula is C24H15F2N5O. The third kappa shape index (κ3) is 3.90. The lowest BCUT2D eigenvalue weighted by atomic mass is 10.1. The highest BCUT2D eigenvalue weighted by Gasteiger charge is 2.17. The standard InChI is InChI=1S/C24H15F2N5O/c1-13-8-15(11-27)9-14(2)22(13)32-23-21-18(25)4-3-5-20(21)30-24(31-23)29-17-7-6-16(12-28)19(26)10-17/h3-10H,1-2H3,(H,29,30,31). The van der Waals surface area contributed by atoms with E-state index >= 15 is 0 Å². The van der Waals surface area contributed by atoms with Gasteiger partial charge in [0.15, 0.2) is 0 Å². The second-order valence-electron chi connectivity index (χ2n) is 7.07. The van der Waals surface area contributed by atoms with Gasteiger partial charge in [-0.2, -0.15) is 15.5 Å². The molecule has 0 aliphatic rings. The van der Waals surface area contributed by atoms with Gasteiger partial charge in [-0.05, 0) is 67.4 Å².